The normalized spacial score (nSPS) is 10.1. The summed E-state index contributed by atoms with van der Waals surface area (Å²) in [5.41, 5.74) is 5.11. The smallest absolute Gasteiger partial charge is 0.248 e. The van der Waals surface area contributed by atoms with Crippen molar-refractivity contribution in [1.29, 1.82) is 0 Å². The summed E-state index contributed by atoms with van der Waals surface area (Å²) >= 11 is 0. The SMILES string of the molecule is CC(C)C(=O)N(O)CCN. The molecule has 0 aromatic carbocycles. The van der Waals surface area contributed by atoms with Gasteiger partial charge in [0.15, 0.2) is 0 Å². The minimum absolute atomic E-state index is 0.170. The lowest BCUT2D eigenvalue weighted by Crippen LogP contribution is -2.35. The van der Waals surface area contributed by atoms with Gasteiger partial charge in [-0.3, -0.25) is 10.0 Å². The Hall–Kier alpha value is -0.610. The summed E-state index contributed by atoms with van der Waals surface area (Å²) < 4.78 is 0. The summed E-state index contributed by atoms with van der Waals surface area (Å²) in [4.78, 5) is 10.9. The Morgan fingerprint density at radius 2 is 2.20 bits per heavy atom. The number of nitrogens with two attached hydrogens (primary N) is 1. The van der Waals surface area contributed by atoms with Gasteiger partial charge in [-0.05, 0) is 0 Å². The second-order valence-electron chi connectivity index (χ2n) is 2.40. The van der Waals surface area contributed by atoms with Gasteiger partial charge in [0.05, 0.1) is 6.54 Å². The van der Waals surface area contributed by atoms with Gasteiger partial charge in [0, 0.05) is 12.5 Å². The molecule has 4 heteroatoms. The molecule has 0 atom stereocenters. The molecule has 0 bridgehead atoms. The Bertz CT molecular complexity index is 114. The molecule has 4 nitrogen and oxygen atoms in total. The number of hydroxylamine groups is 2. The standard InChI is InChI=1S/C6H14N2O2/c1-5(2)6(9)8(10)4-3-7/h5,10H,3-4,7H2,1-2H3. The van der Waals surface area contributed by atoms with E-state index >= 15 is 0 Å². The molecule has 0 aromatic heterocycles. The maximum Gasteiger partial charge on any atom is 0.248 e. The van der Waals surface area contributed by atoms with E-state index < -0.39 is 0 Å². The Labute approximate surface area is 60.6 Å². The highest BCUT2D eigenvalue weighted by Crippen LogP contribution is 1.96. The molecule has 0 aromatic rings. The van der Waals surface area contributed by atoms with Gasteiger partial charge in [-0.15, -0.1) is 0 Å². The Balaban J connectivity index is 3.71. The lowest BCUT2D eigenvalue weighted by Gasteiger charge is -2.15. The number of carbonyl (C=O) groups excluding carboxylic acids is 1. The zero-order valence-electron chi connectivity index (χ0n) is 6.37. The minimum atomic E-state index is -0.287. The fourth-order valence-corrected chi connectivity index (χ4v) is 0.531. The van der Waals surface area contributed by atoms with Crippen LogP contribution in [-0.4, -0.2) is 29.3 Å². The quantitative estimate of drug-likeness (QED) is 0.428. The van der Waals surface area contributed by atoms with Crippen molar-refractivity contribution in [1.82, 2.24) is 5.06 Å². The van der Waals surface area contributed by atoms with E-state index in [1.54, 1.807) is 13.8 Å². The largest absolute Gasteiger partial charge is 0.329 e. The van der Waals surface area contributed by atoms with Crippen LogP contribution in [0, 0.1) is 5.92 Å². The highest BCUT2D eigenvalue weighted by atomic mass is 16.5. The van der Waals surface area contributed by atoms with Gasteiger partial charge in [-0.25, -0.2) is 5.06 Å². The van der Waals surface area contributed by atoms with E-state index in [0.717, 1.165) is 0 Å². The Morgan fingerprint density at radius 1 is 1.70 bits per heavy atom. The molecule has 0 rings (SSSR count). The summed E-state index contributed by atoms with van der Waals surface area (Å²) in [7, 11) is 0. The summed E-state index contributed by atoms with van der Waals surface area (Å²) in [5, 5.41) is 9.55. The van der Waals surface area contributed by atoms with Crippen LogP contribution >= 0.6 is 0 Å². The van der Waals surface area contributed by atoms with Gasteiger partial charge in [0.25, 0.3) is 0 Å². The topological polar surface area (TPSA) is 66.6 Å². The summed E-state index contributed by atoms with van der Waals surface area (Å²) in [6, 6.07) is 0. The van der Waals surface area contributed by atoms with Crippen molar-refractivity contribution in [2.24, 2.45) is 11.7 Å². The lowest BCUT2D eigenvalue weighted by molar-refractivity contribution is -0.168. The van der Waals surface area contributed by atoms with Gasteiger partial charge < -0.3 is 5.73 Å². The molecular weight excluding hydrogens is 132 g/mol. The average Bonchev–Trinajstić information content (AvgIpc) is 1.87. The predicted molar refractivity (Wildman–Crippen MR) is 37.4 cm³/mol. The van der Waals surface area contributed by atoms with E-state index in [1.165, 1.54) is 0 Å². The van der Waals surface area contributed by atoms with Crippen molar-refractivity contribution in [2.75, 3.05) is 13.1 Å². The Kier molecular flexibility index (Phi) is 3.99. The third-order valence-electron chi connectivity index (χ3n) is 1.09. The van der Waals surface area contributed by atoms with Crippen LogP contribution in [0.3, 0.4) is 0 Å². The summed E-state index contributed by atoms with van der Waals surface area (Å²) in [5.74, 6) is -0.456. The molecule has 0 saturated carbocycles. The Morgan fingerprint density at radius 3 is 2.50 bits per heavy atom. The van der Waals surface area contributed by atoms with Crippen molar-refractivity contribution in [3.63, 3.8) is 0 Å². The monoisotopic (exact) mass is 146 g/mol. The maximum absolute atomic E-state index is 10.9. The van der Waals surface area contributed by atoms with E-state index in [4.69, 9.17) is 10.9 Å². The van der Waals surface area contributed by atoms with E-state index in [-0.39, 0.29) is 24.9 Å². The molecule has 0 aliphatic rings. The van der Waals surface area contributed by atoms with Crippen LogP contribution in [0.5, 0.6) is 0 Å². The van der Waals surface area contributed by atoms with Crippen molar-refractivity contribution in [3.05, 3.63) is 0 Å². The molecule has 60 valence electrons. The molecular formula is C6H14N2O2. The first kappa shape index (κ1) is 9.39. The van der Waals surface area contributed by atoms with Crippen LogP contribution in [0.4, 0.5) is 0 Å². The fourth-order valence-electron chi connectivity index (χ4n) is 0.531. The first-order valence-corrected chi connectivity index (χ1v) is 3.30. The molecule has 0 fully saturated rings. The predicted octanol–water partition coefficient (Wildman–Crippen LogP) is -0.181. The number of hydrogen-bond acceptors (Lipinski definition) is 3. The third kappa shape index (κ3) is 2.80. The van der Waals surface area contributed by atoms with Crippen LogP contribution < -0.4 is 5.73 Å². The molecule has 10 heavy (non-hydrogen) atoms. The van der Waals surface area contributed by atoms with Crippen LogP contribution in [0.2, 0.25) is 0 Å². The third-order valence-corrected chi connectivity index (χ3v) is 1.09. The molecule has 0 aliphatic carbocycles. The van der Waals surface area contributed by atoms with Gasteiger partial charge in [-0.1, -0.05) is 13.8 Å². The van der Waals surface area contributed by atoms with E-state index in [1.807, 2.05) is 0 Å². The minimum Gasteiger partial charge on any atom is -0.329 e. The zero-order valence-corrected chi connectivity index (χ0v) is 6.37. The molecule has 0 saturated heterocycles. The number of carbonyl (C=O) groups is 1. The number of nitrogens with zero attached hydrogens (tertiary/aromatic N) is 1. The van der Waals surface area contributed by atoms with E-state index in [9.17, 15) is 4.79 Å². The van der Waals surface area contributed by atoms with Gasteiger partial charge in [0.1, 0.15) is 0 Å². The molecule has 1 amide bonds. The first-order valence-electron chi connectivity index (χ1n) is 3.30. The maximum atomic E-state index is 10.9. The van der Waals surface area contributed by atoms with Gasteiger partial charge >= 0.3 is 0 Å². The summed E-state index contributed by atoms with van der Waals surface area (Å²) in [6.07, 6.45) is 0. The molecule has 0 heterocycles. The van der Waals surface area contributed by atoms with Crippen LogP contribution in [0.15, 0.2) is 0 Å². The molecule has 0 spiro atoms. The van der Waals surface area contributed by atoms with Crippen LogP contribution in [0.1, 0.15) is 13.8 Å². The second-order valence-corrected chi connectivity index (χ2v) is 2.40. The van der Waals surface area contributed by atoms with Crippen molar-refractivity contribution in [2.45, 2.75) is 13.8 Å². The zero-order chi connectivity index (χ0) is 8.15. The highest BCUT2D eigenvalue weighted by molar-refractivity contribution is 5.76. The van der Waals surface area contributed by atoms with Crippen molar-refractivity contribution < 1.29 is 10.0 Å². The number of amides is 1. The number of rotatable bonds is 3. The first-order chi connectivity index (χ1) is 4.59. The number of hydrogen-bond donors (Lipinski definition) is 2. The van der Waals surface area contributed by atoms with E-state index in [2.05, 4.69) is 0 Å². The molecule has 0 aliphatic heterocycles. The van der Waals surface area contributed by atoms with Crippen molar-refractivity contribution >= 4 is 5.91 Å². The highest BCUT2D eigenvalue weighted by Gasteiger charge is 2.12. The van der Waals surface area contributed by atoms with Crippen LogP contribution in [-0.2, 0) is 4.79 Å². The molecule has 0 radical (unpaired) electrons. The van der Waals surface area contributed by atoms with E-state index in [0.29, 0.717) is 5.06 Å². The average molecular weight is 146 g/mol. The fraction of sp³-hybridized carbons (Fsp3) is 0.833. The molecule has 3 N–H and O–H groups in total. The summed E-state index contributed by atoms with van der Waals surface area (Å²) in [6.45, 7) is 3.94. The lowest BCUT2D eigenvalue weighted by atomic mass is 10.2. The molecule has 0 unspecified atom stereocenters. The van der Waals surface area contributed by atoms with Crippen molar-refractivity contribution in [3.8, 4) is 0 Å². The van der Waals surface area contributed by atoms with Gasteiger partial charge in [-0.2, -0.15) is 0 Å². The van der Waals surface area contributed by atoms with Gasteiger partial charge in [0.2, 0.25) is 5.91 Å². The second kappa shape index (κ2) is 4.24. The van der Waals surface area contributed by atoms with Crippen LogP contribution in [0.25, 0.3) is 0 Å².